The smallest absolute Gasteiger partial charge is 0.119 e. The number of hydrogen-bond donors (Lipinski definition) is 0. The molecule has 0 N–H and O–H groups in total. The molecule has 0 spiro atoms. The Morgan fingerprint density at radius 3 is 2.62 bits per heavy atom. The predicted octanol–water partition coefficient (Wildman–Crippen LogP) is 3.13. The Kier molecular flexibility index (Phi) is 4.34. The molecule has 68 valence electrons. The third-order valence-corrected chi connectivity index (χ3v) is 2.04. The minimum atomic E-state index is 0.552. The summed E-state index contributed by atoms with van der Waals surface area (Å²) in [5, 5.41) is 8.29. The van der Waals surface area contributed by atoms with Crippen LogP contribution in [-0.2, 0) is 0 Å². The van der Waals surface area contributed by atoms with Crippen molar-refractivity contribution in [2.24, 2.45) is 0 Å². The predicted molar refractivity (Wildman–Crippen MR) is 54.5 cm³/mol. The minimum absolute atomic E-state index is 0.552. The highest BCUT2D eigenvalue weighted by molar-refractivity contribution is 9.10. The largest absolute Gasteiger partial charge is 0.494 e. The normalized spacial score (nSPS) is 9.23. The summed E-state index contributed by atoms with van der Waals surface area (Å²) in [6.45, 7) is 0.606. The van der Waals surface area contributed by atoms with Crippen LogP contribution in [0.3, 0.4) is 0 Å². The lowest BCUT2D eigenvalue weighted by Gasteiger charge is -2.03. The summed E-state index contributed by atoms with van der Waals surface area (Å²) < 4.78 is 6.43. The molecule has 0 amide bonds. The standard InChI is InChI=1S/C10H10BrNO/c11-9-3-5-10(6-4-9)13-8-2-1-7-12/h3-6H,1-2,8H2. The number of nitriles is 1. The van der Waals surface area contributed by atoms with Gasteiger partial charge in [-0.1, -0.05) is 15.9 Å². The van der Waals surface area contributed by atoms with Gasteiger partial charge in [-0.2, -0.15) is 5.26 Å². The molecule has 13 heavy (non-hydrogen) atoms. The van der Waals surface area contributed by atoms with Gasteiger partial charge < -0.3 is 4.74 Å². The molecule has 0 aliphatic rings. The first kappa shape index (κ1) is 10.1. The van der Waals surface area contributed by atoms with E-state index < -0.39 is 0 Å². The molecule has 3 heteroatoms. The molecule has 0 saturated heterocycles. The van der Waals surface area contributed by atoms with Crippen molar-refractivity contribution in [3.05, 3.63) is 28.7 Å². The Morgan fingerprint density at radius 2 is 2.00 bits per heavy atom. The lowest BCUT2D eigenvalue weighted by atomic mass is 10.3. The number of ether oxygens (including phenoxy) is 1. The van der Waals surface area contributed by atoms with E-state index in [1.165, 1.54) is 0 Å². The van der Waals surface area contributed by atoms with Gasteiger partial charge in [0.2, 0.25) is 0 Å². The highest BCUT2D eigenvalue weighted by atomic mass is 79.9. The number of nitrogens with zero attached hydrogens (tertiary/aromatic N) is 1. The summed E-state index contributed by atoms with van der Waals surface area (Å²) in [5.74, 6) is 0.848. The van der Waals surface area contributed by atoms with Crippen molar-refractivity contribution in [1.82, 2.24) is 0 Å². The van der Waals surface area contributed by atoms with Crippen molar-refractivity contribution in [3.63, 3.8) is 0 Å². The Morgan fingerprint density at radius 1 is 1.31 bits per heavy atom. The molecule has 0 unspecified atom stereocenters. The molecule has 0 saturated carbocycles. The van der Waals surface area contributed by atoms with Gasteiger partial charge in [0.15, 0.2) is 0 Å². The van der Waals surface area contributed by atoms with Gasteiger partial charge in [-0.05, 0) is 30.7 Å². The molecule has 1 aromatic carbocycles. The lowest BCUT2D eigenvalue weighted by Crippen LogP contribution is -1.95. The minimum Gasteiger partial charge on any atom is -0.494 e. The summed E-state index contributed by atoms with van der Waals surface area (Å²) in [6.07, 6.45) is 1.34. The van der Waals surface area contributed by atoms with Gasteiger partial charge in [0, 0.05) is 10.9 Å². The fourth-order valence-electron chi connectivity index (χ4n) is 0.872. The van der Waals surface area contributed by atoms with Gasteiger partial charge in [0.1, 0.15) is 5.75 Å². The topological polar surface area (TPSA) is 33.0 Å². The van der Waals surface area contributed by atoms with E-state index in [1.54, 1.807) is 0 Å². The first-order valence-corrected chi connectivity index (χ1v) is 4.87. The lowest BCUT2D eigenvalue weighted by molar-refractivity contribution is 0.312. The van der Waals surface area contributed by atoms with Crippen molar-refractivity contribution >= 4 is 15.9 Å². The maximum Gasteiger partial charge on any atom is 0.119 e. The van der Waals surface area contributed by atoms with Gasteiger partial charge in [0.05, 0.1) is 12.7 Å². The summed E-state index contributed by atoms with van der Waals surface area (Å²) >= 11 is 3.34. The molecule has 0 heterocycles. The molecular formula is C10H10BrNO. The van der Waals surface area contributed by atoms with Crippen LogP contribution < -0.4 is 4.74 Å². The summed E-state index contributed by atoms with van der Waals surface area (Å²) in [5.41, 5.74) is 0. The molecule has 0 bridgehead atoms. The van der Waals surface area contributed by atoms with Crippen molar-refractivity contribution in [1.29, 1.82) is 5.26 Å². The summed E-state index contributed by atoms with van der Waals surface area (Å²) in [7, 11) is 0. The first-order valence-electron chi connectivity index (χ1n) is 4.08. The van der Waals surface area contributed by atoms with Crippen LogP contribution in [0.25, 0.3) is 0 Å². The molecule has 0 aliphatic heterocycles. The van der Waals surface area contributed by atoms with Crippen LogP contribution in [0.1, 0.15) is 12.8 Å². The second-order valence-corrected chi connectivity index (χ2v) is 3.48. The third-order valence-electron chi connectivity index (χ3n) is 1.52. The maximum absolute atomic E-state index is 8.29. The van der Waals surface area contributed by atoms with E-state index in [4.69, 9.17) is 10.00 Å². The molecule has 2 nitrogen and oxygen atoms in total. The van der Waals surface area contributed by atoms with E-state index in [0.717, 1.165) is 16.6 Å². The van der Waals surface area contributed by atoms with Gasteiger partial charge >= 0.3 is 0 Å². The van der Waals surface area contributed by atoms with Crippen LogP contribution >= 0.6 is 15.9 Å². The molecule has 1 aromatic rings. The van der Waals surface area contributed by atoms with Crippen molar-refractivity contribution in [3.8, 4) is 11.8 Å². The van der Waals surface area contributed by atoms with Crippen LogP contribution in [0, 0.1) is 11.3 Å². The van der Waals surface area contributed by atoms with Crippen molar-refractivity contribution in [2.45, 2.75) is 12.8 Å². The van der Waals surface area contributed by atoms with Crippen molar-refractivity contribution in [2.75, 3.05) is 6.61 Å². The summed E-state index contributed by atoms with van der Waals surface area (Å²) in [6, 6.07) is 9.73. The van der Waals surface area contributed by atoms with Gasteiger partial charge in [-0.25, -0.2) is 0 Å². The molecule has 1 rings (SSSR count). The molecule has 0 atom stereocenters. The van der Waals surface area contributed by atoms with Crippen LogP contribution in [0.5, 0.6) is 5.75 Å². The molecular weight excluding hydrogens is 230 g/mol. The van der Waals surface area contributed by atoms with Crippen LogP contribution in [0.4, 0.5) is 0 Å². The maximum atomic E-state index is 8.29. The SMILES string of the molecule is N#CCCCOc1ccc(Br)cc1. The third kappa shape index (κ3) is 3.95. The molecule has 0 aromatic heterocycles. The van der Waals surface area contributed by atoms with Gasteiger partial charge in [-0.15, -0.1) is 0 Å². The van der Waals surface area contributed by atoms with Crippen LogP contribution in [0.2, 0.25) is 0 Å². The van der Waals surface area contributed by atoms with E-state index in [1.807, 2.05) is 24.3 Å². The fraction of sp³-hybridized carbons (Fsp3) is 0.300. The van der Waals surface area contributed by atoms with E-state index in [-0.39, 0.29) is 0 Å². The Hall–Kier alpha value is -1.01. The number of halogens is 1. The molecule has 0 fully saturated rings. The quantitative estimate of drug-likeness (QED) is 0.757. The molecule has 0 radical (unpaired) electrons. The van der Waals surface area contributed by atoms with E-state index in [0.29, 0.717) is 13.0 Å². The molecule has 0 aliphatic carbocycles. The van der Waals surface area contributed by atoms with E-state index >= 15 is 0 Å². The van der Waals surface area contributed by atoms with Crippen LogP contribution in [-0.4, -0.2) is 6.61 Å². The zero-order valence-electron chi connectivity index (χ0n) is 7.16. The van der Waals surface area contributed by atoms with Gasteiger partial charge in [-0.3, -0.25) is 0 Å². The monoisotopic (exact) mass is 239 g/mol. The second-order valence-electron chi connectivity index (χ2n) is 2.56. The Balaban J connectivity index is 2.30. The van der Waals surface area contributed by atoms with E-state index in [9.17, 15) is 0 Å². The number of benzene rings is 1. The average molecular weight is 240 g/mol. The first-order chi connectivity index (χ1) is 6.33. The van der Waals surface area contributed by atoms with Crippen LogP contribution in [0.15, 0.2) is 28.7 Å². The zero-order valence-corrected chi connectivity index (χ0v) is 8.75. The second kappa shape index (κ2) is 5.60. The van der Waals surface area contributed by atoms with E-state index in [2.05, 4.69) is 22.0 Å². The Labute approximate surface area is 86.3 Å². The average Bonchev–Trinajstić information content (AvgIpc) is 2.15. The highest BCUT2D eigenvalue weighted by Gasteiger charge is 1.92. The van der Waals surface area contributed by atoms with Gasteiger partial charge in [0.25, 0.3) is 0 Å². The number of rotatable bonds is 4. The number of hydrogen-bond acceptors (Lipinski definition) is 2. The highest BCUT2D eigenvalue weighted by Crippen LogP contribution is 2.16. The fourth-order valence-corrected chi connectivity index (χ4v) is 1.14. The van der Waals surface area contributed by atoms with Crippen molar-refractivity contribution < 1.29 is 4.74 Å². The number of unbranched alkanes of at least 4 members (excludes halogenated alkanes) is 1. The zero-order chi connectivity index (χ0) is 9.52. The summed E-state index contributed by atoms with van der Waals surface area (Å²) in [4.78, 5) is 0. The Bertz CT molecular complexity index is 289.